The second-order valence-electron chi connectivity index (χ2n) is 7.50. The Morgan fingerprint density at radius 1 is 1.10 bits per heavy atom. The molecule has 0 saturated heterocycles. The van der Waals surface area contributed by atoms with Crippen LogP contribution in [-0.2, 0) is 0 Å². The SMILES string of the molecule is C/C=C/CC(CC)C1CC(C(C)C(C)C(N)C(C)C)C1. The summed E-state index contributed by atoms with van der Waals surface area (Å²) < 4.78 is 0. The second kappa shape index (κ2) is 8.22. The van der Waals surface area contributed by atoms with E-state index in [0.29, 0.717) is 17.9 Å². The molecule has 1 aliphatic carbocycles. The molecule has 20 heavy (non-hydrogen) atoms. The highest BCUT2D eigenvalue weighted by atomic mass is 14.7. The number of nitrogens with two attached hydrogens (primary N) is 1. The van der Waals surface area contributed by atoms with Crippen LogP contribution >= 0.6 is 0 Å². The Morgan fingerprint density at radius 2 is 1.70 bits per heavy atom. The zero-order valence-corrected chi connectivity index (χ0v) is 14.6. The van der Waals surface area contributed by atoms with Gasteiger partial charge in [0, 0.05) is 6.04 Å². The summed E-state index contributed by atoms with van der Waals surface area (Å²) in [6.45, 7) is 13.8. The predicted molar refractivity (Wildman–Crippen MR) is 90.6 cm³/mol. The van der Waals surface area contributed by atoms with Crippen molar-refractivity contribution >= 4 is 0 Å². The van der Waals surface area contributed by atoms with Gasteiger partial charge in [-0.05, 0) is 61.7 Å². The van der Waals surface area contributed by atoms with Crippen molar-refractivity contribution in [3.8, 4) is 0 Å². The number of hydrogen-bond donors (Lipinski definition) is 1. The average Bonchev–Trinajstić information content (AvgIpc) is 2.38. The van der Waals surface area contributed by atoms with Crippen LogP contribution in [0.15, 0.2) is 12.2 Å². The van der Waals surface area contributed by atoms with Crippen molar-refractivity contribution in [1.29, 1.82) is 0 Å². The van der Waals surface area contributed by atoms with Crippen LogP contribution < -0.4 is 5.73 Å². The van der Waals surface area contributed by atoms with Gasteiger partial charge in [0.2, 0.25) is 0 Å². The highest BCUT2D eigenvalue weighted by Gasteiger charge is 2.39. The fourth-order valence-corrected chi connectivity index (χ4v) is 3.91. The quantitative estimate of drug-likeness (QED) is 0.603. The fourth-order valence-electron chi connectivity index (χ4n) is 3.91. The standard InChI is InChI=1S/C19H37N/c1-7-9-10-16(8-2)18-11-17(12-18)14(5)15(6)19(20)13(3)4/h7,9,13-19H,8,10-12,20H2,1-6H3/b9-7+. The minimum atomic E-state index is 0.356. The van der Waals surface area contributed by atoms with E-state index in [1.54, 1.807) is 0 Å². The lowest BCUT2D eigenvalue weighted by atomic mass is 9.60. The minimum Gasteiger partial charge on any atom is -0.327 e. The Bertz CT molecular complexity index is 288. The minimum absolute atomic E-state index is 0.356. The van der Waals surface area contributed by atoms with Gasteiger partial charge in [-0.25, -0.2) is 0 Å². The summed E-state index contributed by atoms with van der Waals surface area (Å²) >= 11 is 0. The Hall–Kier alpha value is -0.300. The van der Waals surface area contributed by atoms with Crippen LogP contribution in [0.1, 0.15) is 67.2 Å². The van der Waals surface area contributed by atoms with Gasteiger partial charge in [-0.3, -0.25) is 0 Å². The third-order valence-corrected chi connectivity index (χ3v) is 6.03. The van der Waals surface area contributed by atoms with Gasteiger partial charge < -0.3 is 5.73 Å². The molecule has 1 fully saturated rings. The van der Waals surface area contributed by atoms with Crippen molar-refractivity contribution in [2.75, 3.05) is 0 Å². The molecule has 0 aromatic heterocycles. The van der Waals surface area contributed by atoms with E-state index in [1.807, 2.05) is 0 Å². The van der Waals surface area contributed by atoms with E-state index >= 15 is 0 Å². The third kappa shape index (κ3) is 4.35. The molecule has 1 heteroatoms. The first-order valence-corrected chi connectivity index (χ1v) is 8.78. The molecule has 0 aromatic carbocycles. The van der Waals surface area contributed by atoms with Crippen LogP contribution in [0.3, 0.4) is 0 Å². The maximum Gasteiger partial charge on any atom is 0.00903 e. The van der Waals surface area contributed by atoms with E-state index in [4.69, 9.17) is 5.73 Å². The molecular formula is C19H37N. The van der Waals surface area contributed by atoms with Gasteiger partial charge in [0.25, 0.3) is 0 Å². The van der Waals surface area contributed by atoms with Gasteiger partial charge in [-0.15, -0.1) is 0 Å². The molecule has 0 radical (unpaired) electrons. The predicted octanol–water partition coefficient (Wildman–Crippen LogP) is 5.26. The Kier molecular flexibility index (Phi) is 7.29. The molecule has 1 aliphatic rings. The normalized spacial score (nSPS) is 29.2. The fraction of sp³-hybridized carbons (Fsp3) is 0.895. The van der Waals surface area contributed by atoms with E-state index in [0.717, 1.165) is 23.7 Å². The topological polar surface area (TPSA) is 26.0 Å². The first-order chi connectivity index (χ1) is 9.42. The molecule has 2 N–H and O–H groups in total. The summed E-state index contributed by atoms with van der Waals surface area (Å²) in [5.41, 5.74) is 6.35. The van der Waals surface area contributed by atoms with Gasteiger partial charge >= 0.3 is 0 Å². The highest BCUT2D eigenvalue weighted by molar-refractivity contribution is 4.92. The molecule has 0 aromatic rings. The Labute approximate surface area is 127 Å². The largest absolute Gasteiger partial charge is 0.327 e. The molecule has 1 nitrogen and oxygen atoms in total. The summed E-state index contributed by atoms with van der Waals surface area (Å²) in [5, 5.41) is 0. The molecule has 0 amide bonds. The molecule has 4 atom stereocenters. The van der Waals surface area contributed by atoms with Crippen molar-refractivity contribution in [3.63, 3.8) is 0 Å². The molecule has 118 valence electrons. The highest BCUT2D eigenvalue weighted by Crippen LogP contribution is 2.47. The summed E-state index contributed by atoms with van der Waals surface area (Å²) in [6.07, 6.45) is 10.0. The first-order valence-electron chi connectivity index (χ1n) is 8.78. The van der Waals surface area contributed by atoms with Gasteiger partial charge in [-0.1, -0.05) is 53.2 Å². The molecule has 0 bridgehead atoms. The lowest BCUT2D eigenvalue weighted by Crippen LogP contribution is -2.43. The smallest absolute Gasteiger partial charge is 0.00903 e. The van der Waals surface area contributed by atoms with E-state index < -0.39 is 0 Å². The number of hydrogen-bond acceptors (Lipinski definition) is 1. The molecule has 0 aliphatic heterocycles. The van der Waals surface area contributed by atoms with Crippen LogP contribution in [0, 0.1) is 35.5 Å². The average molecular weight is 280 g/mol. The van der Waals surface area contributed by atoms with Crippen molar-refractivity contribution in [1.82, 2.24) is 0 Å². The van der Waals surface area contributed by atoms with Crippen molar-refractivity contribution < 1.29 is 0 Å². The van der Waals surface area contributed by atoms with Crippen LogP contribution in [0.2, 0.25) is 0 Å². The monoisotopic (exact) mass is 279 g/mol. The lowest BCUT2D eigenvalue weighted by molar-refractivity contribution is 0.0496. The lowest BCUT2D eigenvalue weighted by Gasteiger charge is -2.46. The zero-order valence-electron chi connectivity index (χ0n) is 14.6. The summed E-state index contributed by atoms with van der Waals surface area (Å²) in [6, 6.07) is 0.356. The van der Waals surface area contributed by atoms with Crippen LogP contribution in [0.5, 0.6) is 0 Å². The van der Waals surface area contributed by atoms with Crippen molar-refractivity contribution in [3.05, 3.63) is 12.2 Å². The van der Waals surface area contributed by atoms with Gasteiger partial charge in [-0.2, -0.15) is 0 Å². The van der Waals surface area contributed by atoms with Crippen LogP contribution in [0.25, 0.3) is 0 Å². The van der Waals surface area contributed by atoms with Crippen LogP contribution in [-0.4, -0.2) is 6.04 Å². The maximum absolute atomic E-state index is 6.35. The van der Waals surface area contributed by atoms with E-state index in [9.17, 15) is 0 Å². The summed E-state index contributed by atoms with van der Waals surface area (Å²) in [5.74, 6) is 4.81. The molecule has 4 unspecified atom stereocenters. The molecule has 0 heterocycles. The number of allylic oxidation sites excluding steroid dienone is 2. The second-order valence-corrected chi connectivity index (χ2v) is 7.50. The maximum atomic E-state index is 6.35. The summed E-state index contributed by atoms with van der Waals surface area (Å²) in [7, 11) is 0. The Balaban J connectivity index is 2.43. The van der Waals surface area contributed by atoms with Crippen LogP contribution in [0.4, 0.5) is 0 Å². The van der Waals surface area contributed by atoms with Gasteiger partial charge in [0.1, 0.15) is 0 Å². The Morgan fingerprint density at radius 3 is 2.15 bits per heavy atom. The molecule has 1 rings (SSSR count). The first kappa shape index (κ1) is 17.8. The van der Waals surface area contributed by atoms with E-state index in [2.05, 4.69) is 53.7 Å². The zero-order chi connectivity index (χ0) is 15.3. The van der Waals surface area contributed by atoms with Gasteiger partial charge in [0.05, 0.1) is 0 Å². The van der Waals surface area contributed by atoms with Crippen molar-refractivity contribution in [2.45, 2.75) is 73.3 Å². The summed E-state index contributed by atoms with van der Waals surface area (Å²) in [4.78, 5) is 0. The molecule has 1 saturated carbocycles. The molecular weight excluding hydrogens is 242 g/mol. The number of rotatable bonds is 8. The van der Waals surface area contributed by atoms with Gasteiger partial charge in [0.15, 0.2) is 0 Å². The third-order valence-electron chi connectivity index (χ3n) is 6.03. The van der Waals surface area contributed by atoms with E-state index in [-0.39, 0.29) is 0 Å². The van der Waals surface area contributed by atoms with Crippen molar-refractivity contribution in [2.24, 2.45) is 41.2 Å². The van der Waals surface area contributed by atoms with E-state index in [1.165, 1.54) is 25.7 Å². The molecule has 0 spiro atoms.